The van der Waals surface area contributed by atoms with Crippen LogP contribution in [0.5, 0.6) is 0 Å². The van der Waals surface area contributed by atoms with E-state index in [1.54, 1.807) is 6.92 Å². The zero-order valence-electron chi connectivity index (χ0n) is 21.1. The topological polar surface area (TPSA) is 57.7 Å². The predicted molar refractivity (Wildman–Crippen MR) is 128 cm³/mol. The molecule has 0 N–H and O–H groups in total. The molecule has 13 heteroatoms. The highest BCUT2D eigenvalue weighted by Gasteiger charge is 2.44. The van der Waals surface area contributed by atoms with Gasteiger partial charge in [0.25, 0.3) is 0 Å². The first-order valence-corrected chi connectivity index (χ1v) is 14.1. The van der Waals surface area contributed by atoms with Gasteiger partial charge in [0.2, 0.25) is 15.9 Å². The van der Waals surface area contributed by atoms with Crippen molar-refractivity contribution in [2.45, 2.75) is 57.0 Å². The number of carbonyl (C=O) groups excluding carboxylic acids is 1. The molecule has 214 valence electrons. The summed E-state index contributed by atoms with van der Waals surface area (Å²) in [6, 6.07) is 4.85. The number of nitrogens with zero attached hydrogens (tertiary/aromatic N) is 2. The van der Waals surface area contributed by atoms with Crippen LogP contribution in [0.2, 0.25) is 0 Å². The maximum absolute atomic E-state index is 13.9. The Bertz CT molecular complexity index is 1320. The summed E-state index contributed by atoms with van der Waals surface area (Å²) in [6.45, 7) is 1.12. The number of piperidine rings is 1. The number of amides is 1. The molecule has 0 spiro atoms. The lowest BCUT2D eigenvalue weighted by molar-refractivity contribution is -0.143. The minimum absolute atomic E-state index is 0.0201. The summed E-state index contributed by atoms with van der Waals surface area (Å²) in [5.41, 5.74) is -2.18. The Morgan fingerprint density at radius 1 is 0.974 bits per heavy atom. The highest BCUT2D eigenvalue weighted by atomic mass is 32.2. The van der Waals surface area contributed by atoms with E-state index in [1.165, 1.54) is 27.4 Å². The molecule has 1 aliphatic carbocycles. The van der Waals surface area contributed by atoms with Gasteiger partial charge in [0, 0.05) is 37.5 Å². The lowest BCUT2D eigenvalue weighted by atomic mass is 9.79. The van der Waals surface area contributed by atoms with Crippen LogP contribution in [-0.2, 0) is 33.7 Å². The molecule has 0 aromatic heterocycles. The van der Waals surface area contributed by atoms with E-state index in [0.29, 0.717) is 36.1 Å². The third kappa shape index (κ3) is 6.74. The molecular formula is C26H27F7N2O3S. The molecule has 0 unspecified atom stereocenters. The van der Waals surface area contributed by atoms with Gasteiger partial charge in [0.1, 0.15) is 5.82 Å². The van der Waals surface area contributed by atoms with Crippen LogP contribution >= 0.6 is 0 Å². The molecule has 1 saturated carbocycles. The van der Waals surface area contributed by atoms with Crippen LogP contribution in [0.4, 0.5) is 30.7 Å². The summed E-state index contributed by atoms with van der Waals surface area (Å²) in [5, 5.41) is 0. The number of aryl methyl sites for hydroxylation is 1. The second-order valence-corrected chi connectivity index (χ2v) is 12.2. The van der Waals surface area contributed by atoms with Crippen LogP contribution < -0.4 is 0 Å². The average molecular weight is 581 g/mol. The monoisotopic (exact) mass is 580 g/mol. The predicted octanol–water partition coefficient (Wildman–Crippen LogP) is 5.73. The first kappa shape index (κ1) is 29.3. The molecule has 1 aliphatic heterocycles. The van der Waals surface area contributed by atoms with Crippen molar-refractivity contribution in [2.24, 2.45) is 5.92 Å². The Morgan fingerprint density at radius 2 is 1.56 bits per heavy atom. The van der Waals surface area contributed by atoms with Crippen LogP contribution in [0.3, 0.4) is 0 Å². The summed E-state index contributed by atoms with van der Waals surface area (Å²) < 4.78 is 120. The molecule has 1 saturated heterocycles. The maximum atomic E-state index is 13.9. The van der Waals surface area contributed by atoms with Gasteiger partial charge in [-0.15, -0.1) is 0 Å². The minimum atomic E-state index is -5.02. The minimum Gasteiger partial charge on any atom is -0.335 e. The fourth-order valence-corrected chi connectivity index (χ4v) is 6.05. The molecule has 2 aromatic carbocycles. The molecule has 0 radical (unpaired) electrons. The highest BCUT2D eigenvalue weighted by Crippen LogP contribution is 2.41. The number of sulfonamides is 1. The summed E-state index contributed by atoms with van der Waals surface area (Å²) in [7, 11) is -3.63. The van der Waals surface area contributed by atoms with E-state index in [-0.39, 0.29) is 37.2 Å². The molecule has 2 aliphatic rings. The number of hydrogen-bond donors (Lipinski definition) is 0. The Balaban J connectivity index is 1.70. The van der Waals surface area contributed by atoms with Crippen molar-refractivity contribution in [3.63, 3.8) is 0 Å². The largest absolute Gasteiger partial charge is 0.416 e. The Hall–Kier alpha value is -2.67. The zero-order chi connectivity index (χ0) is 28.9. The third-order valence-electron chi connectivity index (χ3n) is 7.26. The van der Waals surface area contributed by atoms with Gasteiger partial charge < -0.3 is 4.90 Å². The number of alkyl halides is 6. The lowest BCUT2D eigenvalue weighted by Gasteiger charge is -2.40. The second-order valence-electron chi connectivity index (χ2n) is 10.2. The van der Waals surface area contributed by atoms with Crippen molar-refractivity contribution in [1.82, 2.24) is 9.21 Å². The quantitative estimate of drug-likeness (QED) is 0.411. The van der Waals surface area contributed by atoms with E-state index in [2.05, 4.69) is 0 Å². The standard InChI is InChI=1S/C26H27F7N2O3S/c1-15-9-19(27)3-6-21(15)23-14-34(39(2,37)38)8-7-22(23)24(36)35(20-4-5-20)13-16-10-17(25(28,29)30)12-18(11-16)26(31,32)33/h3,6,9-12,20,22-23H,4-5,7-8,13-14H2,1-2H3/t22-,23+/m1/s1. The van der Waals surface area contributed by atoms with Crippen molar-refractivity contribution in [3.8, 4) is 0 Å². The van der Waals surface area contributed by atoms with E-state index in [9.17, 15) is 43.9 Å². The average Bonchev–Trinajstić information content (AvgIpc) is 3.65. The van der Waals surface area contributed by atoms with Gasteiger partial charge in [-0.3, -0.25) is 4.79 Å². The number of benzene rings is 2. The third-order valence-corrected chi connectivity index (χ3v) is 8.53. The first-order chi connectivity index (χ1) is 17.9. The van der Waals surface area contributed by atoms with E-state index in [4.69, 9.17) is 0 Å². The number of hydrogen-bond acceptors (Lipinski definition) is 3. The van der Waals surface area contributed by atoms with Gasteiger partial charge in [0.05, 0.1) is 17.4 Å². The van der Waals surface area contributed by atoms with Gasteiger partial charge in [0.15, 0.2) is 0 Å². The van der Waals surface area contributed by atoms with Gasteiger partial charge >= 0.3 is 12.4 Å². The molecule has 2 atom stereocenters. The number of halogens is 7. The fraction of sp³-hybridized carbons (Fsp3) is 0.500. The highest BCUT2D eigenvalue weighted by molar-refractivity contribution is 7.88. The maximum Gasteiger partial charge on any atom is 0.416 e. The number of carbonyl (C=O) groups is 1. The molecule has 39 heavy (non-hydrogen) atoms. The second kappa shape index (κ2) is 10.4. The smallest absolute Gasteiger partial charge is 0.335 e. The summed E-state index contributed by atoms with van der Waals surface area (Å²) in [5.74, 6) is -2.49. The Morgan fingerprint density at radius 3 is 2.05 bits per heavy atom. The van der Waals surface area contributed by atoms with Crippen LogP contribution in [0.25, 0.3) is 0 Å². The lowest BCUT2D eigenvalue weighted by Crippen LogP contribution is -2.48. The first-order valence-electron chi connectivity index (χ1n) is 12.2. The SMILES string of the molecule is Cc1cc(F)ccc1[C@@H]1CN(S(C)(=O)=O)CC[C@H]1C(=O)N(Cc1cc(C(F)(F)F)cc(C(F)(F)F)c1)C1CC1. The van der Waals surface area contributed by atoms with Gasteiger partial charge in [-0.25, -0.2) is 17.1 Å². The van der Waals surface area contributed by atoms with E-state index >= 15 is 0 Å². The number of rotatable bonds is 6. The van der Waals surface area contributed by atoms with E-state index < -0.39 is 63.6 Å². The molecule has 4 rings (SSSR count). The van der Waals surface area contributed by atoms with Gasteiger partial charge in [-0.1, -0.05) is 6.07 Å². The van der Waals surface area contributed by atoms with E-state index in [1.807, 2.05) is 0 Å². The summed E-state index contributed by atoms with van der Waals surface area (Å²) >= 11 is 0. The van der Waals surface area contributed by atoms with E-state index in [0.717, 1.165) is 6.26 Å². The molecule has 0 bridgehead atoms. The zero-order valence-corrected chi connectivity index (χ0v) is 21.9. The van der Waals surface area contributed by atoms with Crippen molar-refractivity contribution < 1.29 is 43.9 Å². The molecule has 1 heterocycles. The van der Waals surface area contributed by atoms with Crippen molar-refractivity contribution in [2.75, 3.05) is 19.3 Å². The van der Waals surface area contributed by atoms with Crippen LogP contribution in [0, 0.1) is 18.7 Å². The Labute approximate surface area is 221 Å². The molecular weight excluding hydrogens is 553 g/mol. The fourth-order valence-electron chi connectivity index (χ4n) is 5.18. The van der Waals surface area contributed by atoms with Crippen LogP contribution in [0.15, 0.2) is 36.4 Å². The van der Waals surface area contributed by atoms with Crippen molar-refractivity contribution >= 4 is 15.9 Å². The molecule has 2 fully saturated rings. The van der Waals surface area contributed by atoms with Crippen LogP contribution in [0.1, 0.15) is 53.0 Å². The molecule has 2 aromatic rings. The summed E-state index contributed by atoms with van der Waals surface area (Å²) in [6.07, 6.45) is -7.83. The molecule has 1 amide bonds. The van der Waals surface area contributed by atoms with Crippen molar-refractivity contribution in [3.05, 3.63) is 70.0 Å². The van der Waals surface area contributed by atoms with Crippen molar-refractivity contribution in [1.29, 1.82) is 0 Å². The van der Waals surface area contributed by atoms with Gasteiger partial charge in [-0.05, 0) is 73.2 Å². The Kier molecular flexibility index (Phi) is 7.80. The normalized spacial score (nSPS) is 21.2. The van der Waals surface area contributed by atoms with Crippen LogP contribution in [-0.4, -0.2) is 48.9 Å². The summed E-state index contributed by atoms with van der Waals surface area (Å²) in [4.78, 5) is 15.2. The van der Waals surface area contributed by atoms with Gasteiger partial charge in [-0.2, -0.15) is 26.3 Å². The molecule has 5 nitrogen and oxygen atoms in total.